The fourth-order valence-corrected chi connectivity index (χ4v) is 12.9. The molecule has 2 nitrogen and oxygen atoms in total. The largest absolute Gasteiger partial charge is 0.311 e. The van der Waals surface area contributed by atoms with Crippen molar-refractivity contribution in [1.82, 2.24) is 0 Å². The van der Waals surface area contributed by atoms with Crippen molar-refractivity contribution in [2.45, 2.75) is 131 Å². The molecule has 2 aromatic heterocycles. The number of nitrogens with zero attached hydrogens (tertiary/aromatic N) is 2. The average molecular weight is 913 g/mol. The fraction of sp³-hybridized carbons (Fsp3) is 0.323. The Morgan fingerprint density at radius 2 is 0.642 bits per heavy atom. The zero-order chi connectivity index (χ0) is 47.5. The lowest BCUT2D eigenvalue weighted by molar-refractivity contribution is 0.590. The molecule has 9 aromatic rings. The van der Waals surface area contributed by atoms with Gasteiger partial charge in [0.2, 0.25) is 0 Å². The molecule has 2 aliphatic heterocycles. The molecule has 0 N–H and O–H groups in total. The summed E-state index contributed by atoms with van der Waals surface area (Å²) in [4.78, 5) is 5.25. The van der Waals surface area contributed by atoms with Crippen LogP contribution in [-0.4, -0.2) is 6.71 Å². The Morgan fingerprint density at radius 3 is 0.985 bits per heavy atom. The van der Waals surface area contributed by atoms with Gasteiger partial charge in [-0.05, 0) is 156 Å². The SMILES string of the molecule is CC(C)(C)c1ccc(N2c3cc4c(cc3B3c5cc6sc7ccc(C(C)(C)C)cc7c6cc5N(c5ccc(C(C)(C)C)cc5)c5cc(C(C)(C)C)cc2c53)sc2ccc(C(C)(C)C)cc24)cc1. The molecule has 0 bridgehead atoms. The number of hydrogen-bond donors (Lipinski definition) is 0. The third-order valence-corrected chi connectivity index (χ3v) is 17.1. The summed E-state index contributed by atoms with van der Waals surface area (Å²) in [5.74, 6) is 0. The van der Waals surface area contributed by atoms with Gasteiger partial charge in [0.15, 0.2) is 0 Å². The minimum atomic E-state index is -0.112. The van der Waals surface area contributed by atoms with Crippen molar-refractivity contribution >= 4 is 120 Å². The van der Waals surface area contributed by atoms with Gasteiger partial charge in [-0.2, -0.15) is 0 Å². The van der Waals surface area contributed by atoms with Gasteiger partial charge in [-0.3, -0.25) is 0 Å². The minimum Gasteiger partial charge on any atom is -0.311 e. The van der Waals surface area contributed by atoms with Gasteiger partial charge >= 0.3 is 0 Å². The average Bonchev–Trinajstić information content (AvgIpc) is 3.79. The maximum atomic E-state index is 2.63. The number of fused-ring (bicyclic) bond motifs is 10. The first-order valence-electron chi connectivity index (χ1n) is 24.4. The highest BCUT2D eigenvalue weighted by molar-refractivity contribution is 7.26. The van der Waals surface area contributed by atoms with Crippen LogP contribution in [0.1, 0.15) is 132 Å². The zero-order valence-corrected chi connectivity index (χ0v) is 44.0. The van der Waals surface area contributed by atoms with Crippen LogP contribution in [0, 0.1) is 0 Å². The second-order valence-corrected chi connectivity index (χ2v) is 27.0. The van der Waals surface area contributed by atoms with Crippen molar-refractivity contribution in [1.29, 1.82) is 0 Å². The maximum absolute atomic E-state index is 2.63. The van der Waals surface area contributed by atoms with Gasteiger partial charge in [0.25, 0.3) is 6.71 Å². The Hall–Kier alpha value is -5.36. The van der Waals surface area contributed by atoms with Gasteiger partial charge in [-0.15, -0.1) is 22.7 Å². The summed E-state index contributed by atoms with van der Waals surface area (Å²) in [6, 6.07) is 48.7. The van der Waals surface area contributed by atoms with Crippen LogP contribution in [0.15, 0.2) is 121 Å². The predicted octanol–water partition coefficient (Wildman–Crippen LogP) is 17.0. The molecular formula is C62H65BN2S2. The molecule has 0 saturated carbocycles. The molecule has 0 fully saturated rings. The summed E-state index contributed by atoms with van der Waals surface area (Å²) in [5.41, 5.74) is 18.4. The lowest BCUT2D eigenvalue weighted by Crippen LogP contribution is -2.61. The summed E-state index contributed by atoms with van der Waals surface area (Å²) in [5, 5.41) is 5.37. The van der Waals surface area contributed by atoms with E-state index in [0.29, 0.717) is 0 Å². The van der Waals surface area contributed by atoms with E-state index in [-0.39, 0.29) is 33.8 Å². The summed E-state index contributed by atoms with van der Waals surface area (Å²) >= 11 is 3.88. The van der Waals surface area contributed by atoms with E-state index in [1.165, 1.54) is 119 Å². The van der Waals surface area contributed by atoms with Crippen LogP contribution in [0.25, 0.3) is 40.3 Å². The highest BCUT2D eigenvalue weighted by Gasteiger charge is 2.45. The molecule has 7 aromatic carbocycles. The van der Waals surface area contributed by atoms with Crippen LogP contribution in [0.2, 0.25) is 0 Å². The first-order valence-corrected chi connectivity index (χ1v) is 26.0. The molecule has 0 atom stereocenters. The molecule has 11 rings (SSSR count). The molecule has 0 spiro atoms. The second-order valence-electron chi connectivity index (χ2n) is 24.8. The van der Waals surface area contributed by atoms with Crippen LogP contribution in [0.5, 0.6) is 0 Å². The standard InChI is InChI=1S/C62H65BN2S2/c1-58(2,3)36-16-22-41(23-17-36)64-49-32-45-43-28-38(60(7,8)9)20-26-53(43)66-55(45)34-47(49)63-48-35-56-46(44-29-39(61(10,11)12)21-27-54(44)67-56)33-50(48)65(42-24-18-37(19-25-42)59(4,5)6)52-31-40(62(13,14)15)30-51(64)57(52)63/h16-35H,1-15H3. The highest BCUT2D eigenvalue weighted by atomic mass is 32.1. The van der Waals surface area contributed by atoms with Crippen molar-refractivity contribution in [3.05, 3.63) is 149 Å². The lowest BCUT2D eigenvalue weighted by atomic mass is 9.33. The fourth-order valence-electron chi connectivity index (χ4n) is 10.7. The molecule has 0 saturated heterocycles. The van der Waals surface area contributed by atoms with Crippen LogP contribution in [-0.2, 0) is 27.1 Å². The van der Waals surface area contributed by atoms with Crippen LogP contribution in [0.4, 0.5) is 34.1 Å². The zero-order valence-electron chi connectivity index (χ0n) is 42.3. The van der Waals surface area contributed by atoms with Gasteiger partial charge in [-0.25, -0.2) is 0 Å². The Bertz CT molecular complexity index is 3260. The highest BCUT2D eigenvalue weighted by Crippen LogP contribution is 2.50. The molecule has 0 aliphatic carbocycles. The van der Waals surface area contributed by atoms with Gasteiger partial charge in [0, 0.05) is 74.5 Å². The third-order valence-electron chi connectivity index (χ3n) is 14.8. The van der Waals surface area contributed by atoms with Crippen molar-refractivity contribution in [3.63, 3.8) is 0 Å². The van der Waals surface area contributed by atoms with Gasteiger partial charge in [0.1, 0.15) is 0 Å². The number of hydrogen-bond acceptors (Lipinski definition) is 4. The first kappa shape index (κ1) is 44.2. The number of rotatable bonds is 2. The molecular weight excluding hydrogens is 848 g/mol. The van der Waals surface area contributed by atoms with E-state index in [0.717, 1.165) is 0 Å². The molecule has 2 aliphatic rings. The minimum absolute atomic E-state index is 0.0127. The summed E-state index contributed by atoms with van der Waals surface area (Å²) in [7, 11) is 0. The lowest BCUT2D eigenvalue weighted by Gasteiger charge is -2.45. The van der Waals surface area contributed by atoms with E-state index in [1.807, 2.05) is 22.7 Å². The number of anilines is 6. The van der Waals surface area contributed by atoms with Gasteiger partial charge in [-0.1, -0.05) is 140 Å². The molecule has 0 amide bonds. The predicted molar refractivity (Wildman–Crippen MR) is 300 cm³/mol. The monoisotopic (exact) mass is 912 g/mol. The molecule has 5 heteroatoms. The van der Waals surface area contributed by atoms with Crippen molar-refractivity contribution in [2.24, 2.45) is 0 Å². The van der Waals surface area contributed by atoms with E-state index in [4.69, 9.17) is 0 Å². The quantitative estimate of drug-likeness (QED) is 0.159. The van der Waals surface area contributed by atoms with E-state index in [2.05, 4.69) is 235 Å². The van der Waals surface area contributed by atoms with E-state index in [1.54, 1.807) is 0 Å². The first-order chi connectivity index (χ1) is 31.3. The Labute approximate surface area is 407 Å². The van der Waals surface area contributed by atoms with Crippen LogP contribution >= 0.6 is 22.7 Å². The smallest absolute Gasteiger partial charge is 0.252 e. The number of thiophene rings is 2. The topological polar surface area (TPSA) is 6.48 Å². The number of benzene rings is 7. The summed E-state index contributed by atoms with van der Waals surface area (Å²) in [6.07, 6.45) is 0. The molecule has 0 unspecified atom stereocenters. The summed E-state index contributed by atoms with van der Waals surface area (Å²) in [6.45, 7) is 35.0. The molecule has 0 radical (unpaired) electrons. The molecule has 338 valence electrons. The maximum Gasteiger partial charge on any atom is 0.252 e. The molecule has 67 heavy (non-hydrogen) atoms. The van der Waals surface area contributed by atoms with Crippen molar-refractivity contribution in [2.75, 3.05) is 9.80 Å². The third kappa shape index (κ3) is 7.16. The van der Waals surface area contributed by atoms with Gasteiger partial charge in [0.05, 0.1) is 0 Å². The van der Waals surface area contributed by atoms with Crippen molar-refractivity contribution < 1.29 is 0 Å². The summed E-state index contributed by atoms with van der Waals surface area (Å²) < 4.78 is 5.38. The van der Waals surface area contributed by atoms with E-state index >= 15 is 0 Å². The van der Waals surface area contributed by atoms with E-state index < -0.39 is 0 Å². The molecule has 4 heterocycles. The Balaban J connectivity index is 1.28. The van der Waals surface area contributed by atoms with Crippen molar-refractivity contribution in [3.8, 4) is 0 Å². The Kier molecular flexibility index (Phi) is 9.61. The Morgan fingerprint density at radius 1 is 0.313 bits per heavy atom. The van der Waals surface area contributed by atoms with Crippen LogP contribution < -0.4 is 26.2 Å². The van der Waals surface area contributed by atoms with Crippen LogP contribution in [0.3, 0.4) is 0 Å². The normalized spacial score (nSPS) is 14.4. The second kappa shape index (κ2) is 14.6. The van der Waals surface area contributed by atoms with Gasteiger partial charge < -0.3 is 9.80 Å². The van der Waals surface area contributed by atoms with E-state index in [9.17, 15) is 0 Å².